The normalized spacial score (nSPS) is 10.0. The summed E-state index contributed by atoms with van der Waals surface area (Å²) in [5, 5.41) is 5.96. The van der Waals surface area contributed by atoms with E-state index in [1.54, 1.807) is 12.1 Å². The third-order valence-electron chi connectivity index (χ3n) is 3.03. The van der Waals surface area contributed by atoms with E-state index in [9.17, 15) is 9.59 Å². The molecule has 0 unspecified atom stereocenters. The molecule has 5 heteroatoms. The number of hydrogen-bond donors (Lipinski definition) is 2. The molecule has 2 rings (SSSR count). The van der Waals surface area contributed by atoms with Crippen LogP contribution in [0.4, 0.5) is 0 Å². The van der Waals surface area contributed by atoms with E-state index in [1.165, 1.54) is 0 Å². The van der Waals surface area contributed by atoms with Gasteiger partial charge in [0.05, 0.1) is 13.0 Å². The quantitative estimate of drug-likeness (QED) is 0.859. The van der Waals surface area contributed by atoms with Crippen LogP contribution in [0.2, 0.25) is 5.02 Å². The Morgan fingerprint density at radius 1 is 0.864 bits per heavy atom. The molecule has 0 radical (unpaired) electrons. The first-order chi connectivity index (χ1) is 10.6. The maximum atomic E-state index is 11.7. The van der Waals surface area contributed by atoms with Crippen LogP contribution in [0.3, 0.4) is 0 Å². The van der Waals surface area contributed by atoms with Crippen molar-refractivity contribution in [2.24, 2.45) is 0 Å². The van der Waals surface area contributed by atoms with Gasteiger partial charge >= 0.3 is 0 Å². The van der Waals surface area contributed by atoms with Crippen LogP contribution < -0.4 is 10.6 Å². The van der Waals surface area contributed by atoms with Gasteiger partial charge in [0, 0.05) is 11.6 Å². The van der Waals surface area contributed by atoms with E-state index in [2.05, 4.69) is 10.6 Å². The first kappa shape index (κ1) is 16.0. The van der Waals surface area contributed by atoms with Crippen LogP contribution >= 0.6 is 11.6 Å². The van der Waals surface area contributed by atoms with Crippen molar-refractivity contribution in [2.45, 2.75) is 13.0 Å². The zero-order chi connectivity index (χ0) is 15.8. The summed E-state index contributed by atoms with van der Waals surface area (Å²) in [6.45, 7) is 0.347. The fourth-order valence-electron chi connectivity index (χ4n) is 1.93. The van der Waals surface area contributed by atoms with Gasteiger partial charge in [0.25, 0.3) is 0 Å². The lowest BCUT2D eigenvalue weighted by molar-refractivity contribution is -0.125. The van der Waals surface area contributed by atoms with Gasteiger partial charge in [-0.25, -0.2) is 0 Å². The lowest BCUT2D eigenvalue weighted by Crippen LogP contribution is -2.37. The predicted octanol–water partition coefficient (Wildman–Crippen LogP) is 2.32. The van der Waals surface area contributed by atoms with Crippen molar-refractivity contribution in [3.8, 4) is 0 Å². The SMILES string of the molecule is O=C(CNC(=O)Cc1ccccc1)NCc1cccc(Cl)c1. The number of nitrogens with one attached hydrogen (secondary N) is 2. The summed E-state index contributed by atoms with van der Waals surface area (Å²) in [6.07, 6.45) is 0.266. The molecule has 0 bridgehead atoms. The second-order valence-corrected chi connectivity index (χ2v) is 5.28. The molecule has 2 amide bonds. The number of hydrogen-bond acceptors (Lipinski definition) is 2. The number of amides is 2. The lowest BCUT2D eigenvalue weighted by atomic mass is 10.1. The van der Waals surface area contributed by atoms with Crippen molar-refractivity contribution in [2.75, 3.05) is 6.54 Å². The Bertz CT molecular complexity index is 644. The Balaban J connectivity index is 1.70. The molecule has 0 aliphatic rings. The standard InChI is InChI=1S/C17H17ClN2O2/c18-15-8-4-7-14(9-15)11-19-17(22)12-20-16(21)10-13-5-2-1-3-6-13/h1-9H,10-12H2,(H,19,22)(H,20,21). The van der Waals surface area contributed by atoms with Crippen LogP contribution in [0.1, 0.15) is 11.1 Å². The number of rotatable bonds is 6. The summed E-state index contributed by atoms with van der Waals surface area (Å²) in [7, 11) is 0. The average Bonchev–Trinajstić information content (AvgIpc) is 2.52. The molecular weight excluding hydrogens is 300 g/mol. The van der Waals surface area contributed by atoms with E-state index in [4.69, 9.17) is 11.6 Å². The molecule has 0 aliphatic carbocycles. The van der Waals surface area contributed by atoms with Crippen molar-refractivity contribution in [3.05, 3.63) is 70.7 Å². The molecule has 2 aromatic carbocycles. The number of carbonyl (C=O) groups is 2. The average molecular weight is 317 g/mol. The van der Waals surface area contributed by atoms with E-state index in [0.29, 0.717) is 11.6 Å². The van der Waals surface area contributed by atoms with Gasteiger partial charge in [-0.2, -0.15) is 0 Å². The molecule has 114 valence electrons. The van der Waals surface area contributed by atoms with Crippen LogP contribution in [-0.4, -0.2) is 18.4 Å². The van der Waals surface area contributed by atoms with Crippen LogP contribution in [0.25, 0.3) is 0 Å². The van der Waals surface area contributed by atoms with Crippen molar-refractivity contribution in [1.29, 1.82) is 0 Å². The van der Waals surface area contributed by atoms with Gasteiger partial charge in [0.1, 0.15) is 0 Å². The third-order valence-corrected chi connectivity index (χ3v) is 3.27. The minimum absolute atomic E-state index is 0.0355. The molecule has 0 spiro atoms. The zero-order valence-electron chi connectivity index (χ0n) is 12.0. The summed E-state index contributed by atoms with van der Waals surface area (Å²) in [5.74, 6) is -0.412. The second kappa shape index (κ2) is 8.20. The molecule has 0 heterocycles. The molecule has 2 N–H and O–H groups in total. The van der Waals surface area contributed by atoms with Gasteiger partial charge in [-0.1, -0.05) is 54.1 Å². The van der Waals surface area contributed by atoms with E-state index in [0.717, 1.165) is 11.1 Å². The highest BCUT2D eigenvalue weighted by atomic mass is 35.5. The number of halogens is 1. The first-order valence-electron chi connectivity index (χ1n) is 6.95. The Kier molecular flexibility index (Phi) is 5.98. The van der Waals surface area contributed by atoms with Crippen LogP contribution in [-0.2, 0) is 22.6 Å². The molecule has 0 atom stereocenters. The summed E-state index contributed by atoms with van der Waals surface area (Å²) < 4.78 is 0. The highest BCUT2D eigenvalue weighted by molar-refractivity contribution is 6.30. The molecular formula is C17H17ClN2O2. The summed E-state index contributed by atoms with van der Waals surface area (Å²) >= 11 is 5.87. The minimum atomic E-state index is -0.235. The van der Waals surface area contributed by atoms with Gasteiger partial charge in [0.15, 0.2) is 0 Å². The minimum Gasteiger partial charge on any atom is -0.350 e. The van der Waals surface area contributed by atoms with E-state index in [1.807, 2.05) is 42.5 Å². The van der Waals surface area contributed by atoms with Crippen molar-refractivity contribution in [1.82, 2.24) is 10.6 Å². The fourth-order valence-corrected chi connectivity index (χ4v) is 2.15. The van der Waals surface area contributed by atoms with Gasteiger partial charge in [0.2, 0.25) is 11.8 Å². The third kappa shape index (κ3) is 5.58. The van der Waals surface area contributed by atoms with Crippen LogP contribution in [0.5, 0.6) is 0 Å². The number of carbonyl (C=O) groups excluding carboxylic acids is 2. The molecule has 4 nitrogen and oxygen atoms in total. The monoisotopic (exact) mass is 316 g/mol. The van der Waals surface area contributed by atoms with Gasteiger partial charge in [-0.3, -0.25) is 9.59 Å². The largest absolute Gasteiger partial charge is 0.350 e. The first-order valence-corrected chi connectivity index (χ1v) is 7.33. The van der Waals surface area contributed by atoms with E-state index >= 15 is 0 Å². The molecule has 22 heavy (non-hydrogen) atoms. The molecule has 0 aromatic heterocycles. The Morgan fingerprint density at radius 3 is 2.32 bits per heavy atom. The number of benzene rings is 2. The lowest BCUT2D eigenvalue weighted by Gasteiger charge is -2.07. The Labute approximate surface area is 134 Å². The summed E-state index contributed by atoms with van der Waals surface area (Å²) in [6, 6.07) is 16.7. The van der Waals surface area contributed by atoms with Gasteiger partial charge in [-0.05, 0) is 23.3 Å². The predicted molar refractivity (Wildman–Crippen MR) is 86.5 cm³/mol. The van der Waals surface area contributed by atoms with Gasteiger partial charge < -0.3 is 10.6 Å². The summed E-state index contributed by atoms with van der Waals surface area (Å²) in [5.41, 5.74) is 1.83. The highest BCUT2D eigenvalue weighted by Crippen LogP contribution is 2.10. The second-order valence-electron chi connectivity index (χ2n) is 4.85. The topological polar surface area (TPSA) is 58.2 Å². The van der Waals surface area contributed by atoms with E-state index < -0.39 is 0 Å². The molecule has 0 fully saturated rings. The highest BCUT2D eigenvalue weighted by Gasteiger charge is 2.06. The zero-order valence-corrected chi connectivity index (χ0v) is 12.8. The van der Waals surface area contributed by atoms with Crippen LogP contribution in [0.15, 0.2) is 54.6 Å². The molecule has 2 aromatic rings. The fraction of sp³-hybridized carbons (Fsp3) is 0.176. The maximum absolute atomic E-state index is 11.7. The Hall–Kier alpha value is -2.33. The molecule has 0 saturated carbocycles. The summed E-state index contributed by atoms with van der Waals surface area (Å²) in [4.78, 5) is 23.4. The van der Waals surface area contributed by atoms with Crippen molar-refractivity contribution in [3.63, 3.8) is 0 Å². The van der Waals surface area contributed by atoms with Crippen molar-refractivity contribution >= 4 is 23.4 Å². The molecule has 0 saturated heterocycles. The molecule has 0 aliphatic heterocycles. The van der Waals surface area contributed by atoms with Crippen LogP contribution in [0, 0.1) is 0 Å². The Morgan fingerprint density at radius 2 is 1.59 bits per heavy atom. The van der Waals surface area contributed by atoms with Crippen molar-refractivity contribution < 1.29 is 9.59 Å². The van der Waals surface area contributed by atoms with E-state index in [-0.39, 0.29) is 24.8 Å². The maximum Gasteiger partial charge on any atom is 0.239 e. The van der Waals surface area contributed by atoms with Gasteiger partial charge in [-0.15, -0.1) is 0 Å². The smallest absolute Gasteiger partial charge is 0.239 e.